The second kappa shape index (κ2) is 9.25. The number of carbonyl (C=O) groups excluding carboxylic acids is 1. The highest BCUT2D eigenvalue weighted by molar-refractivity contribution is 9.10. The van der Waals surface area contributed by atoms with Crippen molar-refractivity contribution >= 4 is 39.3 Å². The zero-order chi connectivity index (χ0) is 20.1. The van der Waals surface area contributed by atoms with E-state index in [0.29, 0.717) is 11.7 Å². The number of ether oxygens (including phenoxy) is 1. The summed E-state index contributed by atoms with van der Waals surface area (Å²) < 4.78 is 8.40. The molecule has 6 nitrogen and oxygen atoms in total. The number of hydrogen-bond donors (Lipinski definition) is 1. The third kappa shape index (κ3) is 4.56. The Kier molecular flexibility index (Phi) is 6.74. The molecule has 0 saturated carbocycles. The number of thioether (sulfide) groups is 1. The monoisotopic (exact) mass is 460 g/mol. The zero-order valence-electron chi connectivity index (χ0n) is 15.8. The molecule has 1 heterocycles. The molecule has 3 aromatic rings. The third-order valence-corrected chi connectivity index (χ3v) is 5.75. The molecule has 3 rings (SSSR count). The molecule has 0 aliphatic carbocycles. The first-order chi connectivity index (χ1) is 13.5. The van der Waals surface area contributed by atoms with Gasteiger partial charge in [-0.15, -0.1) is 10.2 Å². The fourth-order valence-electron chi connectivity index (χ4n) is 2.68. The van der Waals surface area contributed by atoms with E-state index >= 15 is 0 Å². The van der Waals surface area contributed by atoms with Crippen LogP contribution in [0.15, 0.2) is 58.2 Å². The van der Waals surface area contributed by atoms with Crippen molar-refractivity contribution in [2.24, 2.45) is 0 Å². The lowest BCUT2D eigenvalue weighted by atomic mass is 10.2. The number of aromatic nitrogens is 3. The summed E-state index contributed by atoms with van der Waals surface area (Å²) in [6.45, 7) is 4.57. The number of hydrogen-bond acceptors (Lipinski definition) is 5. The van der Waals surface area contributed by atoms with E-state index in [9.17, 15) is 4.79 Å². The van der Waals surface area contributed by atoms with Gasteiger partial charge in [-0.2, -0.15) is 0 Å². The Bertz CT molecular complexity index is 959. The smallest absolute Gasteiger partial charge is 0.237 e. The Morgan fingerprint density at radius 3 is 2.61 bits per heavy atom. The number of nitrogens with one attached hydrogen (secondary N) is 1. The van der Waals surface area contributed by atoms with E-state index in [4.69, 9.17) is 4.74 Å². The lowest BCUT2D eigenvalue weighted by Crippen LogP contribution is -2.22. The predicted octanol–water partition coefficient (Wildman–Crippen LogP) is 4.86. The van der Waals surface area contributed by atoms with Crippen LogP contribution < -0.4 is 10.1 Å². The van der Waals surface area contributed by atoms with Gasteiger partial charge in [0.1, 0.15) is 5.75 Å². The normalized spacial score (nSPS) is 11.9. The van der Waals surface area contributed by atoms with Gasteiger partial charge in [0, 0.05) is 16.7 Å². The van der Waals surface area contributed by atoms with Crippen molar-refractivity contribution in [3.63, 3.8) is 0 Å². The maximum Gasteiger partial charge on any atom is 0.237 e. The summed E-state index contributed by atoms with van der Waals surface area (Å²) in [6, 6.07) is 15.2. The quantitative estimate of drug-likeness (QED) is 0.510. The van der Waals surface area contributed by atoms with E-state index in [1.807, 2.05) is 66.9 Å². The van der Waals surface area contributed by atoms with Gasteiger partial charge < -0.3 is 14.6 Å². The second-order valence-electron chi connectivity index (χ2n) is 6.01. The number of nitrogens with zero attached hydrogens (tertiary/aromatic N) is 3. The Morgan fingerprint density at radius 2 is 1.93 bits per heavy atom. The minimum absolute atomic E-state index is 0.0863. The van der Waals surface area contributed by atoms with E-state index in [1.54, 1.807) is 7.11 Å². The maximum atomic E-state index is 12.6. The topological polar surface area (TPSA) is 69.0 Å². The van der Waals surface area contributed by atoms with Gasteiger partial charge in [0.05, 0.1) is 17.9 Å². The third-order valence-electron chi connectivity index (χ3n) is 4.14. The predicted molar refractivity (Wildman–Crippen MR) is 116 cm³/mol. The van der Waals surface area contributed by atoms with Crippen LogP contribution >= 0.6 is 27.7 Å². The van der Waals surface area contributed by atoms with Crippen molar-refractivity contribution in [2.45, 2.75) is 30.8 Å². The molecule has 28 heavy (non-hydrogen) atoms. The van der Waals surface area contributed by atoms with E-state index < -0.39 is 0 Å². The summed E-state index contributed by atoms with van der Waals surface area (Å²) in [5.74, 6) is 1.38. The zero-order valence-corrected chi connectivity index (χ0v) is 18.3. The maximum absolute atomic E-state index is 12.6. The Hall–Kier alpha value is -2.32. The molecule has 0 radical (unpaired) electrons. The lowest BCUT2D eigenvalue weighted by molar-refractivity contribution is -0.115. The van der Waals surface area contributed by atoms with Crippen molar-refractivity contribution in [2.75, 3.05) is 12.4 Å². The van der Waals surface area contributed by atoms with Crippen LogP contribution in [-0.2, 0) is 11.3 Å². The average molecular weight is 461 g/mol. The summed E-state index contributed by atoms with van der Waals surface area (Å²) in [5.41, 5.74) is 1.63. The van der Waals surface area contributed by atoms with Gasteiger partial charge in [-0.25, -0.2) is 0 Å². The van der Waals surface area contributed by atoms with Crippen molar-refractivity contribution in [1.82, 2.24) is 14.8 Å². The summed E-state index contributed by atoms with van der Waals surface area (Å²) in [5, 5.41) is 12.0. The number of carbonyl (C=O) groups is 1. The molecule has 1 amide bonds. The van der Waals surface area contributed by atoms with Gasteiger partial charge in [0.25, 0.3) is 0 Å². The van der Waals surface area contributed by atoms with Crippen molar-refractivity contribution < 1.29 is 9.53 Å². The molecule has 1 atom stereocenters. The van der Waals surface area contributed by atoms with Crippen LogP contribution in [0.1, 0.15) is 13.8 Å². The number of para-hydroxylation sites is 1. The minimum Gasteiger partial charge on any atom is -0.496 e. The number of rotatable bonds is 7. The molecule has 2 aromatic carbocycles. The molecular weight excluding hydrogens is 440 g/mol. The molecule has 0 spiro atoms. The Morgan fingerprint density at radius 1 is 1.21 bits per heavy atom. The fourth-order valence-corrected chi connectivity index (χ4v) is 3.86. The molecule has 0 saturated heterocycles. The highest BCUT2D eigenvalue weighted by Crippen LogP contribution is 2.32. The standard InChI is InChI=1S/C20H21BrN4O2S/c1-4-25-18(16-7-5-6-8-17(16)27-3)23-24-20(25)28-13(2)19(26)22-15-11-9-14(21)10-12-15/h5-13H,4H2,1-3H3,(H,22,26). The molecule has 8 heteroatoms. The van der Waals surface area contributed by atoms with Crippen LogP contribution in [0.25, 0.3) is 11.4 Å². The first-order valence-corrected chi connectivity index (χ1v) is 10.5. The van der Waals surface area contributed by atoms with Crippen LogP contribution in [-0.4, -0.2) is 33.0 Å². The SMILES string of the molecule is CCn1c(SC(C)C(=O)Nc2ccc(Br)cc2)nnc1-c1ccccc1OC. The van der Waals surface area contributed by atoms with E-state index in [0.717, 1.165) is 27.3 Å². The first-order valence-electron chi connectivity index (χ1n) is 8.83. The van der Waals surface area contributed by atoms with Crippen molar-refractivity contribution in [3.05, 3.63) is 53.0 Å². The van der Waals surface area contributed by atoms with Gasteiger partial charge in [-0.1, -0.05) is 39.8 Å². The molecule has 0 aliphatic rings. The molecule has 146 valence electrons. The average Bonchev–Trinajstić information content (AvgIpc) is 3.11. The highest BCUT2D eigenvalue weighted by atomic mass is 79.9. The summed E-state index contributed by atoms with van der Waals surface area (Å²) in [6.07, 6.45) is 0. The van der Waals surface area contributed by atoms with Crippen LogP contribution in [0.4, 0.5) is 5.69 Å². The van der Waals surface area contributed by atoms with Crippen molar-refractivity contribution in [3.8, 4) is 17.1 Å². The summed E-state index contributed by atoms with van der Waals surface area (Å²) in [4.78, 5) is 12.6. The number of amides is 1. The molecular formula is C20H21BrN4O2S. The molecule has 0 fully saturated rings. The summed E-state index contributed by atoms with van der Waals surface area (Å²) in [7, 11) is 1.63. The number of anilines is 1. The van der Waals surface area contributed by atoms with Gasteiger partial charge in [0.15, 0.2) is 11.0 Å². The van der Waals surface area contributed by atoms with Crippen LogP contribution in [0.5, 0.6) is 5.75 Å². The van der Waals surface area contributed by atoms with Crippen LogP contribution in [0.2, 0.25) is 0 Å². The fraction of sp³-hybridized carbons (Fsp3) is 0.250. The van der Waals surface area contributed by atoms with Crippen molar-refractivity contribution in [1.29, 1.82) is 0 Å². The van der Waals surface area contributed by atoms with Gasteiger partial charge in [-0.3, -0.25) is 4.79 Å². The lowest BCUT2D eigenvalue weighted by Gasteiger charge is -2.13. The Labute approximate surface area is 176 Å². The number of methoxy groups -OCH3 is 1. The second-order valence-corrected chi connectivity index (χ2v) is 8.23. The van der Waals surface area contributed by atoms with Gasteiger partial charge in [-0.05, 0) is 50.2 Å². The number of halogens is 1. The van der Waals surface area contributed by atoms with Crippen LogP contribution in [0.3, 0.4) is 0 Å². The number of benzene rings is 2. The molecule has 1 N–H and O–H groups in total. The Balaban J connectivity index is 1.78. The first kappa shape index (κ1) is 20.4. The van der Waals surface area contributed by atoms with Crippen LogP contribution in [0, 0.1) is 0 Å². The summed E-state index contributed by atoms with van der Waals surface area (Å²) >= 11 is 4.77. The van der Waals surface area contributed by atoms with Gasteiger partial charge >= 0.3 is 0 Å². The molecule has 1 unspecified atom stereocenters. The van der Waals surface area contributed by atoms with E-state index in [2.05, 4.69) is 31.4 Å². The van der Waals surface area contributed by atoms with Gasteiger partial charge in [0.2, 0.25) is 5.91 Å². The molecule has 1 aromatic heterocycles. The van der Waals surface area contributed by atoms with E-state index in [-0.39, 0.29) is 11.2 Å². The van der Waals surface area contributed by atoms with E-state index in [1.165, 1.54) is 11.8 Å². The molecule has 0 bridgehead atoms. The minimum atomic E-state index is -0.330. The largest absolute Gasteiger partial charge is 0.496 e. The molecule has 0 aliphatic heterocycles. The highest BCUT2D eigenvalue weighted by Gasteiger charge is 2.21.